The van der Waals surface area contributed by atoms with Crippen LogP contribution in [0.2, 0.25) is 0 Å². The fraction of sp³-hybridized carbons (Fsp3) is 0.625. The molecule has 4 nitrogen and oxygen atoms in total. The van der Waals surface area contributed by atoms with Crippen LogP contribution in [-0.4, -0.2) is 45.8 Å². The summed E-state index contributed by atoms with van der Waals surface area (Å²) >= 11 is 0. The molecule has 1 aromatic carbocycles. The Labute approximate surface area is 128 Å². The van der Waals surface area contributed by atoms with Gasteiger partial charge in [-0.3, -0.25) is 0 Å². The van der Waals surface area contributed by atoms with Crippen molar-refractivity contribution in [1.29, 1.82) is 0 Å². The molecule has 0 spiro atoms. The summed E-state index contributed by atoms with van der Waals surface area (Å²) in [6, 6.07) is 7.21. The van der Waals surface area contributed by atoms with E-state index in [1.54, 1.807) is 19.1 Å². The van der Waals surface area contributed by atoms with Crippen LogP contribution in [0.15, 0.2) is 29.2 Å². The number of sulfone groups is 1. The predicted molar refractivity (Wildman–Crippen MR) is 87.5 cm³/mol. The summed E-state index contributed by atoms with van der Waals surface area (Å²) in [5.74, 6) is 0.893. The molecule has 21 heavy (non-hydrogen) atoms. The first kappa shape index (κ1) is 16.3. The van der Waals surface area contributed by atoms with Crippen LogP contribution in [0.1, 0.15) is 26.2 Å². The van der Waals surface area contributed by atoms with E-state index in [4.69, 9.17) is 0 Å². The zero-order chi connectivity index (χ0) is 15.3. The number of anilines is 1. The maximum atomic E-state index is 12.1. The third kappa shape index (κ3) is 4.45. The summed E-state index contributed by atoms with van der Waals surface area (Å²) in [5.41, 5.74) is 0.743. The summed E-state index contributed by atoms with van der Waals surface area (Å²) in [5, 5.41) is 3.32. The average Bonchev–Trinajstić information content (AvgIpc) is 2.50. The molecule has 2 rings (SSSR count). The van der Waals surface area contributed by atoms with Gasteiger partial charge in [0.15, 0.2) is 9.84 Å². The number of nitrogens with one attached hydrogen (secondary N) is 1. The molecule has 118 valence electrons. The summed E-state index contributed by atoms with van der Waals surface area (Å²) in [4.78, 5) is 2.79. The van der Waals surface area contributed by atoms with Gasteiger partial charge in [-0.15, -0.1) is 0 Å². The van der Waals surface area contributed by atoms with Crippen LogP contribution < -0.4 is 5.32 Å². The van der Waals surface area contributed by atoms with Crippen molar-refractivity contribution in [3.05, 3.63) is 24.3 Å². The fourth-order valence-electron chi connectivity index (χ4n) is 2.80. The standard InChI is InChI=1S/C16H26N2O2S/c1-3-21(19,20)16-7-5-4-6-15(16)17-11-8-14-9-12-18(2)13-10-14/h4-7,14,17H,3,8-13H2,1-2H3. The first-order valence-electron chi connectivity index (χ1n) is 7.77. The highest BCUT2D eigenvalue weighted by molar-refractivity contribution is 7.91. The lowest BCUT2D eigenvalue weighted by molar-refractivity contribution is 0.215. The van der Waals surface area contributed by atoms with Crippen LogP contribution in [0.3, 0.4) is 0 Å². The maximum absolute atomic E-state index is 12.1. The summed E-state index contributed by atoms with van der Waals surface area (Å²) in [6.45, 7) is 4.87. The number of piperidine rings is 1. The molecule has 1 aliphatic heterocycles. The van der Waals surface area contributed by atoms with Crippen molar-refractivity contribution < 1.29 is 8.42 Å². The van der Waals surface area contributed by atoms with Gasteiger partial charge in [0.1, 0.15) is 0 Å². The van der Waals surface area contributed by atoms with Gasteiger partial charge in [0, 0.05) is 6.54 Å². The molecule has 1 saturated heterocycles. The molecule has 1 aromatic rings. The molecular weight excluding hydrogens is 284 g/mol. The molecule has 0 radical (unpaired) electrons. The first-order valence-corrected chi connectivity index (χ1v) is 9.42. The lowest BCUT2D eigenvalue weighted by Gasteiger charge is -2.29. The summed E-state index contributed by atoms with van der Waals surface area (Å²) in [6.07, 6.45) is 3.59. The second-order valence-corrected chi connectivity index (χ2v) is 8.11. The van der Waals surface area contributed by atoms with Crippen molar-refractivity contribution in [2.75, 3.05) is 37.8 Å². The molecule has 0 unspecified atom stereocenters. The topological polar surface area (TPSA) is 49.4 Å². The van der Waals surface area contributed by atoms with Gasteiger partial charge in [-0.2, -0.15) is 0 Å². The number of hydrogen-bond donors (Lipinski definition) is 1. The monoisotopic (exact) mass is 310 g/mol. The number of benzene rings is 1. The Balaban J connectivity index is 1.92. The molecule has 0 amide bonds. The largest absolute Gasteiger partial charge is 0.384 e. The van der Waals surface area contributed by atoms with E-state index in [0.29, 0.717) is 4.90 Å². The smallest absolute Gasteiger partial charge is 0.180 e. The highest BCUT2D eigenvalue weighted by Crippen LogP contribution is 2.23. The second-order valence-electron chi connectivity index (χ2n) is 5.86. The minimum atomic E-state index is -3.16. The number of rotatable bonds is 6. The molecule has 0 aliphatic carbocycles. The zero-order valence-electron chi connectivity index (χ0n) is 13.0. The van der Waals surface area contributed by atoms with E-state index < -0.39 is 9.84 Å². The Morgan fingerprint density at radius 3 is 2.57 bits per heavy atom. The van der Waals surface area contributed by atoms with E-state index in [-0.39, 0.29) is 5.75 Å². The lowest BCUT2D eigenvalue weighted by Crippen LogP contribution is -2.30. The molecule has 0 atom stereocenters. The zero-order valence-corrected chi connectivity index (χ0v) is 13.8. The summed E-state index contributed by atoms with van der Waals surface area (Å²) in [7, 11) is -0.994. The van der Waals surface area contributed by atoms with E-state index in [9.17, 15) is 8.42 Å². The van der Waals surface area contributed by atoms with Crippen molar-refractivity contribution in [3.8, 4) is 0 Å². The van der Waals surface area contributed by atoms with Gasteiger partial charge in [-0.05, 0) is 57.5 Å². The molecule has 5 heteroatoms. The highest BCUT2D eigenvalue weighted by atomic mass is 32.2. The van der Waals surface area contributed by atoms with Gasteiger partial charge in [-0.1, -0.05) is 19.1 Å². The molecule has 1 fully saturated rings. The quantitative estimate of drug-likeness (QED) is 0.877. The van der Waals surface area contributed by atoms with Crippen LogP contribution in [0.25, 0.3) is 0 Å². The van der Waals surface area contributed by atoms with Crippen LogP contribution in [-0.2, 0) is 9.84 Å². The van der Waals surface area contributed by atoms with E-state index in [1.807, 2.05) is 12.1 Å². The Morgan fingerprint density at radius 1 is 1.24 bits per heavy atom. The van der Waals surface area contributed by atoms with Crippen molar-refractivity contribution in [2.24, 2.45) is 5.92 Å². The van der Waals surface area contributed by atoms with E-state index in [2.05, 4.69) is 17.3 Å². The highest BCUT2D eigenvalue weighted by Gasteiger charge is 2.18. The molecule has 0 aromatic heterocycles. The average molecular weight is 310 g/mol. The van der Waals surface area contributed by atoms with Crippen molar-refractivity contribution >= 4 is 15.5 Å². The van der Waals surface area contributed by atoms with Gasteiger partial charge < -0.3 is 10.2 Å². The summed E-state index contributed by atoms with van der Waals surface area (Å²) < 4.78 is 24.2. The maximum Gasteiger partial charge on any atom is 0.180 e. The third-order valence-corrected chi connectivity index (χ3v) is 6.09. The number of likely N-dealkylation sites (tertiary alicyclic amines) is 1. The molecule has 1 N–H and O–H groups in total. The van der Waals surface area contributed by atoms with Gasteiger partial charge in [-0.25, -0.2) is 8.42 Å². The van der Waals surface area contributed by atoms with E-state index >= 15 is 0 Å². The predicted octanol–water partition coefficient (Wildman–Crippen LogP) is 2.62. The van der Waals surface area contributed by atoms with Crippen molar-refractivity contribution in [3.63, 3.8) is 0 Å². The third-order valence-electron chi connectivity index (χ3n) is 4.31. The van der Waals surface area contributed by atoms with Crippen LogP contribution in [0.4, 0.5) is 5.69 Å². The van der Waals surface area contributed by atoms with Crippen LogP contribution >= 0.6 is 0 Å². The molecule has 0 saturated carbocycles. The van der Waals surface area contributed by atoms with E-state index in [1.165, 1.54) is 25.9 Å². The minimum absolute atomic E-state index is 0.140. The SMILES string of the molecule is CCS(=O)(=O)c1ccccc1NCCC1CCN(C)CC1. The van der Waals surface area contributed by atoms with Crippen molar-refractivity contribution in [1.82, 2.24) is 4.90 Å². The van der Waals surface area contributed by atoms with Gasteiger partial charge in [0.25, 0.3) is 0 Å². The molecule has 1 heterocycles. The Hall–Kier alpha value is -1.07. The van der Waals surface area contributed by atoms with E-state index in [0.717, 1.165) is 24.6 Å². The van der Waals surface area contributed by atoms with Crippen LogP contribution in [0.5, 0.6) is 0 Å². The molecular formula is C16H26N2O2S. The number of hydrogen-bond acceptors (Lipinski definition) is 4. The Morgan fingerprint density at radius 2 is 1.90 bits per heavy atom. The fourth-order valence-corrected chi connectivity index (χ4v) is 3.87. The van der Waals surface area contributed by atoms with Gasteiger partial charge in [0.2, 0.25) is 0 Å². The second kappa shape index (κ2) is 7.27. The first-order chi connectivity index (χ1) is 10.0. The normalized spacial score (nSPS) is 17.8. The van der Waals surface area contributed by atoms with Gasteiger partial charge in [0.05, 0.1) is 16.3 Å². The number of para-hydroxylation sites is 1. The van der Waals surface area contributed by atoms with Gasteiger partial charge >= 0.3 is 0 Å². The van der Waals surface area contributed by atoms with Crippen molar-refractivity contribution in [2.45, 2.75) is 31.1 Å². The lowest BCUT2D eigenvalue weighted by atomic mass is 9.94. The Kier molecular flexibility index (Phi) is 5.65. The van der Waals surface area contributed by atoms with Crippen LogP contribution in [0, 0.1) is 5.92 Å². The Bertz CT molecular complexity index is 549. The minimum Gasteiger partial charge on any atom is -0.384 e. The number of nitrogens with zero attached hydrogens (tertiary/aromatic N) is 1. The molecule has 1 aliphatic rings. The molecule has 0 bridgehead atoms.